The Morgan fingerprint density at radius 3 is 2.65 bits per heavy atom. The molecule has 0 radical (unpaired) electrons. The predicted octanol–water partition coefficient (Wildman–Crippen LogP) is 2.73. The second kappa shape index (κ2) is 8.03. The summed E-state index contributed by atoms with van der Waals surface area (Å²) < 4.78 is 15.7. The van der Waals surface area contributed by atoms with Gasteiger partial charge in [-0.25, -0.2) is 0 Å². The van der Waals surface area contributed by atoms with E-state index >= 15 is 0 Å². The molecule has 0 N–H and O–H groups in total. The lowest BCUT2D eigenvalue weighted by atomic mass is 10.2. The molecule has 3 heterocycles. The van der Waals surface area contributed by atoms with Crippen LogP contribution in [-0.2, 0) is 13.1 Å². The average Bonchev–Trinajstić information content (AvgIpc) is 3.22. The second-order valence-corrected chi connectivity index (χ2v) is 7.64. The summed E-state index contributed by atoms with van der Waals surface area (Å²) >= 11 is 0. The van der Waals surface area contributed by atoms with Crippen molar-refractivity contribution in [3.63, 3.8) is 0 Å². The number of nitrogens with zero attached hydrogens (tertiary/aromatic N) is 5. The molecule has 2 aromatic carbocycles. The van der Waals surface area contributed by atoms with E-state index in [0.717, 1.165) is 29.4 Å². The molecule has 31 heavy (non-hydrogen) atoms. The van der Waals surface area contributed by atoms with E-state index in [1.165, 1.54) is 0 Å². The fraction of sp³-hybridized carbons (Fsp3) is 0.348. The smallest absolute Gasteiger partial charge is 0.262 e. The van der Waals surface area contributed by atoms with Crippen molar-refractivity contribution in [2.45, 2.75) is 33.0 Å². The van der Waals surface area contributed by atoms with Crippen molar-refractivity contribution in [3.05, 3.63) is 64.7 Å². The number of hydrogen-bond acceptors (Lipinski definition) is 6. The van der Waals surface area contributed by atoms with Crippen LogP contribution in [0.25, 0.3) is 16.7 Å². The monoisotopic (exact) mass is 419 g/mol. The summed E-state index contributed by atoms with van der Waals surface area (Å²) in [5.41, 5.74) is 0.790. The van der Waals surface area contributed by atoms with Crippen molar-refractivity contribution in [2.75, 3.05) is 19.7 Å². The summed E-state index contributed by atoms with van der Waals surface area (Å²) in [4.78, 5) is 15.1. The van der Waals surface area contributed by atoms with E-state index in [1.807, 2.05) is 59.9 Å². The van der Waals surface area contributed by atoms with Crippen molar-refractivity contribution >= 4 is 16.7 Å². The van der Waals surface area contributed by atoms with Crippen molar-refractivity contribution in [2.24, 2.45) is 0 Å². The summed E-state index contributed by atoms with van der Waals surface area (Å²) in [6.07, 6.45) is -0.0698. The van der Waals surface area contributed by atoms with E-state index < -0.39 is 0 Å². The molecule has 1 unspecified atom stereocenters. The van der Waals surface area contributed by atoms with Gasteiger partial charge in [0.05, 0.1) is 17.4 Å². The highest BCUT2D eigenvalue weighted by Gasteiger charge is 2.24. The molecule has 0 fully saturated rings. The molecule has 1 aliphatic heterocycles. The van der Waals surface area contributed by atoms with Crippen LogP contribution >= 0.6 is 0 Å². The quantitative estimate of drug-likeness (QED) is 0.479. The van der Waals surface area contributed by atoms with E-state index in [2.05, 4.69) is 22.0 Å². The first-order valence-corrected chi connectivity index (χ1v) is 10.7. The van der Waals surface area contributed by atoms with Crippen molar-refractivity contribution in [1.29, 1.82) is 0 Å². The van der Waals surface area contributed by atoms with Crippen LogP contribution in [0.2, 0.25) is 0 Å². The molecule has 2 aromatic heterocycles. The number of aromatic nitrogens is 4. The average molecular weight is 419 g/mol. The normalized spacial score (nSPS) is 15.8. The van der Waals surface area contributed by atoms with Gasteiger partial charge in [0.15, 0.2) is 17.3 Å². The SMILES string of the molecule is CCN(Cc1nnc2n(CC)c(=O)c3ccccc3n12)CC1COc2ccccc2O1. The number of hydrogen-bond donors (Lipinski definition) is 0. The second-order valence-electron chi connectivity index (χ2n) is 7.64. The maximum atomic E-state index is 12.9. The molecule has 4 aromatic rings. The Morgan fingerprint density at radius 1 is 1.06 bits per heavy atom. The van der Waals surface area contributed by atoms with Gasteiger partial charge in [0.1, 0.15) is 12.7 Å². The van der Waals surface area contributed by atoms with Crippen LogP contribution < -0.4 is 15.0 Å². The molecule has 8 nitrogen and oxygen atoms in total. The summed E-state index contributed by atoms with van der Waals surface area (Å²) in [6, 6.07) is 15.4. The molecule has 0 saturated carbocycles. The van der Waals surface area contributed by atoms with Crippen LogP contribution in [0.15, 0.2) is 53.3 Å². The Bertz CT molecular complexity index is 1300. The van der Waals surface area contributed by atoms with E-state index in [0.29, 0.717) is 37.4 Å². The lowest BCUT2D eigenvalue weighted by molar-refractivity contribution is 0.0573. The Balaban J connectivity index is 1.46. The van der Waals surface area contributed by atoms with Crippen LogP contribution in [0.1, 0.15) is 19.7 Å². The first kappa shape index (κ1) is 19.6. The number of aryl methyl sites for hydroxylation is 1. The van der Waals surface area contributed by atoms with Gasteiger partial charge in [-0.05, 0) is 37.7 Å². The highest BCUT2D eigenvalue weighted by atomic mass is 16.6. The number of rotatable bonds is 6. The standard InChI is InChI=1S/C23H25N5O3/c1-3-26(13-16-15-30-19-11-7-8-12-20(19)31-16)14-21-24-25-23-27(4-2)22(29)17-9-5-6-10-18(17)28(21)23/h5-12,16H,3-4,13-15H2,1-2H3. The first-order chi connectivity index (χ1) is 15.2. The fourth-order valence-corrected chi connectivity index (χ4v) is 4.15. The van der Waals surface area contributed by atoms with Crippen LogP contribution in [0.4, 0.5) is 0 Å². The predicted molar refractivity (Wildman–Crippen MR) is 118 cm³/mol. The molecular formula is C23H25N5O3. The van der Waals surface area contributed by atoms with Crippen LogP contribution in [0.3, 0.4) is 0 Å². The Morgan fingerprint density at radius 2 is 1.84 bits per heavy atom. The number of likely N-dealkylation sites (N-methyl/N-ethyl adjacent to an activating group) is 1. The third-order valence-corrected chi connectivity index (χ3v) is 5.73. The van der Waals surface area contributed by atoms with Gasteiger partial charge in [0, 0.05) is 13.1 Å². The molecule has 0 spiro atoms. The number of ether oxygens (including phenoxy) is 2. The zero-order valence-electron chi connectivity index (χ0n) is 17.7. The van der Waals surface area contributed by atoms with E-state index in [4.69, 9.17) is 9.47 Å². The van der Waals surface area contributed by atoms with Gasteiger partial charge in [-0.2, -0.15) is 0 Å². The van der Waals surface area contributed by atoms with Gasteiger partial charge in [0.2, 0.25) is 5.78 Å². The van der Waals surface area contributed by atoms with Gasteiger partial charge < -0.3 is 9.47 Å². The Labute approximate surface area is 179 Å². The summed E-state index contributed by atoms with van der Waals surface area (Å²) in [5, 5.41) is 9.48. The topological polar surface area (TPSA) is 73.9 Å². The lowest BCUT2D eigenvalue weighted by Crippen LogP contribution is -2.41. The summed E-state index contributed by atoms with van der Waals surface area (Å²) in [6.45, 7) is 7.21. The Hall–Kier alpha value is -3.39. The van der Waals surface area contributed by atoms with Crippen molar-refractivity contribution in [1.82, 2.24) is 24.1 Å². The lowest BCUT2D eigenvalue weighted by Gasteiger charge is -2.30. The molecule has 0 saturated heterocycles. The highest BCUT2D eigenvalue weighted by Crippen LogP contribution is 2.31. The first-order valence-electron chi connectivity index (χ1n) is 10.7. The Kier molecular flexibility index (Phi) is 5.07. The molecule has 160 valence electrons. The minimum atomic E-state index is -0.0698. The van der Waals surface area contributed by atoms with E-state index in [9.17, 15) is 4.79 Å². The van der Waals surface area contributed by atoms with E-state index in [-0.39, 0.29) is 11.7 Å². The molecular weight excluding hydrogens is 394 g/mol. The zero-order valence-corrected chi connectivity index (χ0v) is 17.7. The fourth-order valence-electron chi connectivity index (χ4n) is 4.15. The molecule has 0 amide bonds. The van der Waals surface area contributed by atoms with Gasteiger partial charge in [0.25, 0.3) is 5.56 Å². The van der Waals surface area contributed by atoms with Crippen LogP contribution in [0.5, 0.6) is 11.5 Å². The van der Waals surface area contributed by atoms with Gasteiger partial charge >= 0.3 is 0 Å². The zero-order chi connectivity index (χ0) is 21.4. The molecule has 5 rings (SSSR count). The summed E-state index contributed by atoms with van der Waals surface area (Å²) in [5.74, 6) is 2.94. The third-order valence-electron chi connectivity index (χ3n) is 5.73. The van der Waals surface area contributed by atoms with Gasteiger partial charge in [-0.3, -0.25) is 18.7 Å². The highest BCUT2D eigenvalue weighted by molar-refractivity contribution is 5.80. The minimum Gasteiger partial charge on any atom is -0.486 e. The van der Waals surface area contributed by atoms with Crippen LogP contribution in [-0.4, -0.2) is 49.9 Å². The van der Waals surface area contributed by atoms with Crippen molar-refractivity contribution in [3.8, 4) is 11.5 Å². The minimum absolute atomic E-state index is 0.0386. The van der Waals surface area contributed by atoms with Gasteiger partial charge in [-0.15, -0.1) is 10.2 Å². The molecule has 8 heteroatoms. The summed E-state index contributed by atoms with van der Waals surface area (Å²) in [7, 11) is 0. The largest absolute Gasteiger partial charge is 0.486 e. The third kappa shape index (κ3) is 3.42. The van der Waals surface area contributed by atoms with Crippen molar-refractivity contribution < 1.29 is 9.47 Å². The molecule has 0 aliphatic carbocycles. The maximum absolute atomic E-state index is 12.9. The number of para-hydroxylation sites is 3. The molecule has 1 atom stereocenters. The number of benzene rings is 2. The van der Waals surface area contributed by atoms with E-state index in [1.54, 1.807) is 4.57 Å². The van der Waals surface area contributed by atoms with Gasteiger partial charge in [-0.1, -0.05) is 31.2 Å². The number of fused-ring (bicyclic) bond motifs is 4. The molecule has 1 aliphatic rings. The maximum Gasteiger partial charge on any atom is 0.262 e. The van der Waals surface area contributed by atoms with Crippen LogP contribution in [0, 0.1) is 0 Å². The molecule has 0 bridgehead atoms.